The number of nitrogens with zero attached hydrogens (tertiary/aromatic N) is 1. The van der Waals surface area contributed by atoms with Crippen LogP contribution in [0.3, 0.4) is 0 Å². The van der Waals surface area contributed by atoms with Crippen LogP contribution in [-0.4, -0.2) is 78.1 Å². The van der Waals surface area contributed by atoms with Gasteiger partial charge in [-0.15, -0.1) is 0 Å². The Kier molecular flexibility index (Phi) is 6.86. The van der Waals surface area contributed by atoms with Gasteiger partial charge in [-0.25, -0.2) is 0 Å². The van der Waals surface area contributed by atoms with E-state index in [9.17, 15) is 24.0 Å². The Balaban J connectivity index is 1.27. The fraction of sp³-hybridized carbons (Fsp3) is 0.536. The van der Waals surface area contributed by atoms with E-state index in [4.69, 9.17) is 4.74 Å². The number of hydrogen-bond donors (Lipinski definition) is 4. The van der Waals surface area contributed by atoms with Crippen molar-refractivity contribution in [2.45, 2.75) is 51.7 Å². The van der Waals surface area contributed by atoms with Crippen LogP contribution in [-0.2, 0) is 19.2 Å². The number of carbonyl (C=O) groups excluding carboxylic acids is 5. The summed E-state index contributed by atoms with van der Waals surface area (Å²) in [6.45, 7) is 6.69. The number of aromatic nitrogens is 1. The molecule has 3 fully saturated rings. The second-order valence-electron chi connectivity index (χ2n) is 11.5. The number of benzene rings is 1. The van der Waals surface area contributed by atoms with Crippen LogP contribution in [0.2, 0.25) is 0 Å². The van der Waals surface area contributed by atoms with Crippen molar-refractivity contribution in [3.63, 3.8) is 0 Å². The van der Waals surface area contributed by atoms with E-state index in [1.807, 2.05) is 12.1 Å². The van der Waals surface area contributed by atoms with Crippen LogP contribution in [0, 0.1) is 23.2 Å². The number of methoxy groups -OCH3 is 1. The topological polar surface area (TPSA) is 150 Å². The Labute approximate surface area is 226 Å². The number of aromatic amines is 1. The number of ether oxygens (including phenoxy) is 1. The average Bonchev–Trinajstić information content (AvgIpc) is 3.43. The zero-order chi connectivity index (χ0) is 28.1. The third-order valence-corrected chi connectivity index (χ3v) is 8.76. The number of rotatable bonds is 9. The van der Waals surface area contributed by atoms with E-state index in [-0.39, 0.29) is 41.4 Å². The zero-order valence-corrected chi connectivity index (χ0v) is 22.6. The summed E-state index contributed by atoms with van der Waals surface area (Å²) in [5.74, 6) is -0.931. The Bertz CT molecular complexity index is 1330. The first-order valence-corrected chi connectivity index (χ1v) is 13.4. The van der Waals surface area contributed by atoms with Gasteiger partial charge in [0.05, 0.1) is 13.2 Å². The van der Waals surface area contributed by atoms with Gasteiger partial charge >= 0.3 is 0 Å². The summed E-state index contributed by atoms with van der Waals surface area (Å²) in [6, 6.07) is 4.66. The molecule has 39 heavy (non-hydrogen) atoms. The monoisotopic (exact) mass is 537 g/mol. The predicted octanol–water partition coefficient (Wildman–Crippen LogP) is 0.988. The Morgan fingerprint density at radius 2 is 2.03 bits per heavy atom. The van der Waals surface area contributed by atoms with Crippen molar-refractivity contribution in [1.82, 2.24) is 25.8 Å². The van der Waals surface area contributed by atoms with Gasteiger partial charge in [0, 0.05) is 29.9 Å². The maximum Gasteiger partial charge on any atom is 0.268 e. The summed E-state index contributed by atoms with van der Waals surface area (Å²) in [5.41, 5.74) is 0.909. The van der Waals surface area contributed by atoms with E-state index in [1.54, 1.807) is 26.2 Å². The molecule has 1 saturated carbocycles. The molecular weight excluding hydrogens is 502 g/mol. The van der Waals surface area contributed by atoms with Gasteiger partial charge in [0.2, 0.25) is 17.7 Å². The largest absolute Gasteiger partial charge is 0.496 e. The number of H-pyrrole nitrogens is 1. The molecule has 0 radical (unpaired) electrons. The summed E-state index contributed by atoms with van der Waals surface area (Å²) in [7, 11) is 1.56. The van der Waals surface area contributed by atoms with E-state index in [0.29, 0.717) is 37.2 Å². The molecule has 5 rings (SSSR count). The molecule has 2 aliphatic heterocycles. The highest BCUT2D eigenvalue weighted by molar-refractivity contribution is 6.02. The number of piperidine rings is 1. The van der Waals surface area contributed by atoms with Crippen molar-refractivity contribution in [3.05, 3.63) is 30.0 Å². The maximum atomic E-state index is 13.5. The normalized spacial score (nSPS) is 26.4. The SMILES string of the molecule is COc1cccc2[nH]c(C(=O)N[C@@H](C)C(=O)N3C[C@H]4[C@@H]([C@H]3C(=O)N[C@H](C=O)C[C@@H]3CCNC3=O)C4(C)C)cc12. The number of amides is 4. The maximum absolute atomic E-state index is 13.5. The molecule has 208 valence electrons. The molecule has 1 aromatic heterocycles. The van der Waals surface area contributed by atoms with Crippen molar-refractivity contribution >= 4 is 40.8 Å². The van der Waals surface area contributed by atoms with Crippen molar-refractivity contribution in [1.29, 1.82) is 0 Å². The van der Waals surface area contributed by atoms with Gasteiger partial charge in [-0.05, 0) is 55.2 Å². The molecule has 3 aliphatic rings. The Morgan fingerprint density at radius 3 is 2.69 bits per heavy atom. The predicted molar refractivity (Wildman–Crippen MR) is 142 cm³/mol. The highest BCUT2D eigenvalue weighted by atomic mass is 16.5. The molecule has 2 aromatic rings. The molecular formula is C28H35N5O6. The van der Waals surface area contributed by atoms with Gasteiger partial charge < -0.3 is 35.4 Å². The molecule has 4 N–H and O–H groups in total. The summed E-state index contributed by atoms with van der Waals surface area (Å²) >= 11 is 0. The van der Waals surface area contributed by atoms with Gasteiger partial charge in [-0.3, -0.25) is 19.2 Å². The highest BCUT2D eigenvalue weighted by Gasteiger charge is 2.69. The van der Waals surface area contributed by atoms with Crippen LogP contribution in [0.25, 0.3) is 10.9 Å². The summed E-state index contributed by atoms with van der Waals surface area (Å²) in [5, 5.41) is 9.03. The Hall–Kier alpha value is -3.89. The standard InChI is InChI=1S/C28H35N5O6/c1-14(30-25(36)20-11-17-19(32-20)6-5-7-21(17)39-4)27(38)33-12-18-22(28(18,2)3)23(33)26(37)31-16(13-34)10-15-8-9-29-24(15)35/h5-7,11,13-16,18,22-23,32H,8-10,12H2,1-4H3,(H,29,35)(H,30,36)(H,31,37)/t14-,15-,16-,18-,22-,23-/m0/s1. The molecule has 11 heteroatoms. The van der Waals surface area contributed by atoms with Crippen LogP contribution < -0.4 is 20.7 Å². The highest BCUT2D eigenvalue weighted by Crippen LogP contribution is 2.64. The molecule has 0 spiro atoms. The lowest BCUT2D eigenvalue weighted by atomic mass is 9.97. The van der Waals surface area contributed by atoms with Crippen molar-refractivity contribution in [3.8, 4) is 5.75 Å². The van der Waals surface area contributed by atoms with Crippen LogP contribution >= 0.6 is 0 Å². The second-order valence-corrected chi connectivity index (χ2v) is 11.5. The molecule has 1 aromatic carbocycles. The van der Waals surface area contributed by atoms with Crippen LogP contribution in [0.1, 0.15) is 44.1 Å². The van der Waals surface area contributed by atoms with Gasteiger partial charge in [0.1, 0.15) is 29.8 Å². The first kappa shape index (κ1) is 26.7. The molecule has 0 unspecified atom stereocenters. The van der Waals surface area contributed by atoms with E-state index in [2.05, 4.69) is 34.8 Å². The van der Waals surface area contributed by atoms with E-state index < -0.39 is 29.9 Å². The fourth-order valence-corrected chi connectivity index (χ4v) is 6.42. The molecule has 11 nitrogen and oxygen atoms in total. The minimum atomic E-state index is -0.884. The number of nitrogens with one attached hydrogen (secondary N) is 4. The zero-order valence-electron chi connectivity index (χ0n) is 22.6. The van der Waals surface area contributed by atoms with E-state index >= 15 is 0 Å². The van der Waals surface area contributed by atoms with Crippen LogP contribution in [0.5, 0.6) is 5.75 Å². The first-order chi connectivity index (χ1) is 18.6. The summed E-state index contributed by atoms with van der Waals surface area (Å²) in [6.07, 6.45) is 1.49. The second kappa shape index (κ2) is 10.0. The van der Waals surface area contributed by atoms with Crippen LogP contribution in [0.15, 0.2) is 24.3 Å². The van der Waals surface area contributed by atoms with Crippen molar-refractivity contribution in [2.75, 3.05) is 20.2 Å². The Morgan fingerprint density at radius 1 is 1.26 bits per heavy atom. The van der Waals surface area contributed by atoms with E-state index in [1.165, 1.54) is 4.90 Å². The minimum absolute atomic E-state index is 0.0485. The minimum Gasteiger partial charge on any atom is -0.496 e. The van der Waals surface area contributed by atoms with Gasteiger partial charge in [-0.2, -0.15) is 0 Å². The van der Waals surface area contributed by atoms with Gasteiger partial charge in [-0.1, -0.05) is 19.9 Å². The number of carbonyl (C=O) groups is 5. The van der Waals surface area contributed by atoms with Crippen molar-refractivity contribution in [2.24, 2.45) is 23.2 Å². The lowest BCUT2D eigenvalue weighted by Crippen LogP contribution is -2.56. The molecule has 4 amide bonds. The number of likely N-dealkylation sites (tertiary alicyclic amines) is 1. The molecule has 3 heterocycles. The fourth-order valence-electron chi connectivity index (χ4n) is 6.42. The quantitative estimate of drug-likeness (QED) is 0.351. The average molecular weight is 538 g/mol. The van der Waals surface area contributed by atoms with Crippen molar-refractivity contribution < 1.29 is 28.7 Å². The van der Waals surface area contributed by atoms with E-state index in [0.717, 1.165) is 10.9 Å². The molecule has 0 bridgehead atoms. The number of aldehydes is 1. The molecule has 1 aliphatic carbocycles. The number of fused-ring (bicyclic) bond motifs is 2. The van der Waals surface area contributed by atoms with Crippen LogP contribution in [0.4, 0.5) is 0 Å². The van der Waals surface area contributed by atoms with Gasteiger partial charge in [0.15, 0.2) is 0 Å². The number of hydrogen-bond acceptors (Lipinski definition) is 6. The van der Waals surface area contributed by atoms with Gasteiger partial charge in [0.25, 0.3) is 5.91 Å². The lowest BCUT2D eigenvalue weighted by molar-refractivity contribution is -0.142. The lowest BCUT2D eigenvalue weighted by Gasteiger charge is -2.32. The summed E-state index contributed by atoms with van der Waals surface area (Å²) in [4.78, 5) is 68.3. The third-order valence-electron chi connectivity index (χ3n) is 8.76. The molecule has 6 atom stereocenters. The summed E-state index contributed by atoms with van der Waals surface area (Å²) < 4.78 is 5.36. The third kappa shape index (κ3) is 4.74. The molecule has 2 saturated heterocycles. The smallest absolute Gasteiger partial charge is 0.268 e. The first-order valence-electron chi connectivity index (χ1n) is 13.4.